The Kier molecular flexibility index (Phi) is 6.97. The van der Waals surface area contributed by atoms with Gasteiger partial charge >= 0.3 is 0 Å². The molecule has 0 aromatic heterocycles. The molecular formula is C21H29F. The molecule has 1 aliphatic carbocycles. The summed E-state index contributed by atoms with van der Waals surface area (Å²) in [6, 6.07) is 5.43. The molecule has 0 radical (unpaired) electrons. The van der Waals surface area contributed by atoms with Gasteiger partial charge in [-0.3, -0.25) is 0 Å². The van der Waals surface area contributed by atoms with Crippen LogP contribution in [0.1, 0.15) is 88.2 Å². The summed E-state index contributed by atoms with van der Waals surface area (Å²) in [5, 5.41) is 0. The fourth-order valence-electron chi connectivity index (χ4n) is 3.72. The first kappa shape index (κ1) is 17.1. The lowest BCUT2D eigenvalue weighted by molar-refractivity contribution is 0.301. The van der Waals surface area contributed by atoms with Crippen LogP contribution in [0.5, 0.6) is 0 Å². The highest BCUT2D eigenvalue weighted by Gasteiger charge is 2.22. The second-order valence-corrected chi connectivity index (χ2v) is 6.80. The van der Waals surface area contributed by atoms with Crippen LogP contribution in [0.2, 0.25) is 0 Å². The van der Waals surface area contributed by atoms with Gasteiger partial charge in [0, 0.05) is 0 Å². The average molecular weight is 300 g/mol. The highest BCUT2D eigenvalue weighted by molar-refractivity contribution is 5.37. The Labute approximate surface area is 135 Å². The summed E-state index contributed by atoms with van der Waals surface area (Å²) in [4.78, 5) is 0. The van der Waals surface area contributed by atoms with Crippen molar-refractivity contribution < 1.29 is 4.39 Å². The molecule has 0 unspecified atom stereocenters. The Morgan fingerprint density at radius 1 is 1.09 bits per heavy atom. The van der Waals surface area contributed by atoms with Gasteiger partial charge in [-0.25, -0.2) is 4.39 Å². The van der Waals surface area contributed by atoms with E-state index in [1.807, 2.05) is 6.07 Å². The van der Waals surface area contributed by atoms with Crippen LogP contribution in [0.3, 0.4) is 0 Å². The van der Waals surface area contributed by atoms with Crippen LogP contribution in [0.25, 0.3) is 0 Å². The molecule has 0 bridgehead atoms. The summed E-state index contributed by atoms with van der Waals surface area (Å²) in [5.74, 6) is 3.58. The Bertz CT molecular complexity index is 489. The summed E-state index contributed by atoms with van der Waals surface area (Å²) >= 11 is 0. The summed E-state index contributed by atoms with van der Waals surface area (Å²) in [6.45, 7) is 2.26. The van der Waals surface area contributed by atoms with Gasteiger partial charge in [-0.15, -0.1) is 6.42 Å². The molecule has 0 amide bonds. The van der Waals surface area contributed by atoms with Gasteiger partial charge in [0.15, 0.2) is 0 Å². The summed E-state index contributed by atoms with van der Waals surface area (Å²) in [5.41, 5.74) is 1.52. The van der Waals surface area contributed by atoms with Gasteiger partial charge in [0.2, 0.25) is 0 Å². The molecule has 2 rings (SSSR count). The second kappa shape index (κ2) is 8.99. The van der Waals surface area contributed by atoms with E-state index in [1.165, 1.54) is 64.2 Å². The van der Waals surface area contributed by atoms with Crippen molar-refractivity contribution in [2.75, 3.05) is 0 Å². The highest BCUT2D eigenvalue weighted by atomic mass is 19.1. The topological polar surface area (TPSA) is 0 Å². The maximum atomic E-state index is 13.8. The number of unbranched alkanes of at least 4 members (excludes halogenated alkanes) is 4. The zero-order valence-electron chi connectivity index (χ0n) is 13.9. The maximum absolute atomic E-state index is 13.8. The van der Waals surface area contributed by atoms with E-state index in [9.17, 15) is 4.39 Å². The third-order valence-corrected chi connectivity index (χ3v) is 5.18. The predicted octanol–water partition coefficient (Wildman–Crippen LogP) is 6.44. The quantitative estimate of drug-likeness (QED) is 0.401. The molecule has 0 saturated heterocycles. The lowest BCUT2D eigenvalue weighted by Gasteiger charge is -2.29. The van der Waals surface area contributed by atoms with Crippen molar-refractivity contribution >= 4 is 0 Å². The van der Waals surface area contributed by atoms with Crippen molar-refractivity contribution in [3.05, 3.63) is 35.1 Å². The maximum Gasteiger partial charge on any atom is 0.139 e. The minimum absolute atomic E-state index is 0.238. The molecule has 22 heavy (non-hydrogen) atoms. The first-order valence-corrected chi connectivity index (χ1v) is 9.00. The number of hydrogen-bond acceptors (Lipinski definition) is 0. The van der Waals surface area contributed by atoms with Gasteiger partial charge in [-0.2, -0.15) is 0 Å². The van der Waals surface area contributed by atoms with Crippen molar-refractivity contribution in [3.8, 4) is 12.3 Å². The Hall–Kier alpha value is -1.29. The number of halogens is 1. The zero-order valence-corrected chi connectivity index (χ0v) is 13.9. The first-order valence-electron chi connectivity index (χ1n) is 9.00. The standard InChI is InChI=1S/C21H29F/c1-3-5-6-7-8-9-17-10-12-19(13-11-17)20-15-14-18(4-2)21(22)16-20/h2,14-17,19H,3,5-13H2,1H3. The largest absolute Gasteiger partial charge is 0.206 e. The minimum Gasteiger partial charge on any atom is -0.206 e. The third-order valence-electron chi connectivity index (χ3n) is 5.18. The number of benzene rings is 1. The van der Waals surface area contributed by atoms with E-state index >= 15 is 0 Å². The van der Waals surface area contributed by atoms with Gasteiger partial charge in [-0.05, 0) is 55.2 Å². The van der Waals surface area contributed by atoms with E-state index in [2.05, 4.69) is 12.8 Å². The fourth-order valence-corrected chi connectivity index (χ4v) is 3.72. The highest BCUT2D eigenvalue weighted by Crippen LogP contribution is 2.38. The van der Waals surface area contributed by atoms with Gasteiger partial charge in [0.05, 0.1) is 5.56 Å². The van der Waals surface area contributed by atoms with Crippen LogP contribution >= 0.6 is 0 Å². The smallest absolute Gasteiger partial charge is 0.139 e. The lowest BCUT2D eigenvalue weighted by Crippen LogP contribution is -2.13. The molecule has 0 aliphatic heterocycles. The molecule has 0 N–H and O–H groups in total. The number of hydrogen-bond donors (Lipinski definition) is 0. The lowest BCUT2D eigenvalue weighted by atomic mass is 9.77. The van der Waals surface area contributed by atoms with Crippen LogP contribution in [0.15, 0.2) is 18.2 Å². The molecule has 1 aliphatic rings. The second-order valence-electron chi connectivity index (χ2n) is 6.80. The molecule has 0 spiro atoms. The summed E-state index contributed by atoms with van der Waals surface area (Å²) in [6.07, 6.45) is 18.6. The van der Waals surface area contributed by atoms with Crippen molar-refractivity contribution in [2.24, 2.45) is 5.92 Å². The molecule has 0 nitrogen and oxygen atoms in total. The van der Waals surface area contributed by atoms with Gasteiger partial charge in [0.1, 0.15) is 5.82 Å². The van der Waals surface area contributed by atoms with Gasteiger partial charge in [0.25, 0.3) is 0 Å². The molecule has 0 atom stereocenters. The normalized spacial score (nSPS) is 21.5. The van der Waals surface area contributed by atoms with E-state index in [0.29, 0.717) is 11.5 Å². The molecule has 1 aromatic carbocycles. The fraction of sp³-hybridized carbons (Fsp3) is 0.619. The molecule has 1 saturated carbocycles. The Morgan fingerprint density at radius 2 is 1.82 bits per heavy atom. The predicted molar refractivity (Wildman–Crippen MR) is 92.4 cm³/mol. The molecule has 1 aromatic rings. The van der Waals surface area contributed by atoms with Crippen LogP contribution < -0.4 is 0 Å². The van der Waals surface area contributed by atoms with E-state index in [-0.39, 0.29) is 5.82 Å². The average Bonchev–Trinajstić information content (AvgIpc) is 2.55. The molecule has 1 fully saturated rings. The Morgan fingerprint density at radius 3 is 2.45 bits per heavy atom. The number of terminal acetylenes is 1. The van der Waals surface area contributed by atoms with Crippen molar-refractivity contribution in [1.29, 1.82) is 0 Å². The van der Waals surface area contributed by atoms with E-state index in [4.69, 9.17) is 6.42 Å². The summed E-state index contributed by atoms with van der Waals surface area (Å²) in [7, 11) is 0. The van der Waals surface area contributed by atoms with Crippen molar-refractivity contribution in [2.45, 2.75) is 77.0 Å². The van der Waals surface area contributed by atoms with Crippen LogP contribution in [-0.4, -0.2) is 0 Å². The Balaban J connectivity index is 1.75. The van der Waals surface area contributed by atoms with Crippen LogP contribution in [-0.2, 0) is 0 Å². The molecule has 0 heterocycles. The van der Waals surface area contributed by atoms with Crippen molar-refractivity contribution in [1.82, 2.24) is 0 Å². The van der Waals surface area contributed by atoms with Crippen LogP contribution in [0.4, 0.5) is 4.39 Å². The molecule has 120 valence electrons. The zero-order chi connectivity index (χ0) is 15.8. The van der Waals surface area contributed by atoms with Crippen LogP contribution in [0, 0.1) is 24.1 Å². The van der Waals surface area contributed by atoms with Gasteiger partial charge < -0.3 is 0 Å². The SMILES string of the molecule is C#Cc1ccc(C2CCC(CCCCCCC)CC2)cc1F. The molecular weight excluding hydrogens is 271 g/mol. The van der Waals surface area contributed by atoms with E-state index in [0.717, 1.165) is 11.5 Å². The first-order chi connectivity index (χ1) is 10.7. The third kappa shape index (κ3) is 4.87. The monoisotopic (exact) mass is 300 g/mol. The molecule has 1 heteroatoms. The van der Waals surface area contributed by atoms with E-state index < -0.39 is 0 Å². The minimum atomic E-state index is -0.238. The summed E-state index contributed by atoms with van der Waals surface area (Å²) < 4.78 is 13.8. The van der Waals surface area contributed by atoms with E-state index in [1.54, 1.807) is 12.1 Å². The van der Waals surface area contributed by atoms with Gasteiger partial charge in [-0.1, -0.05) is 57.4 Å². The number of rotatable bonds is 7. The van der Waals surface area contributed by atoms with Crippen molar-refractivity contribution in [3.63, 3.8) is 0 Å².